The van der Waals surface area contributed by atoms with Crippen LogP contribution in [0, 0.1) is 0 Å². The molecule has 1 aromatic rings. The number of aromatic hydroxyl groups is 1. The van der Waals surface area contributed by atoms with Crippen molar-refractivity contribution in [2.24, 2.45) is 0 Å². The van der Waals surface area contributed by atoms with Crippen LogP contribution in [0.4, 0.5) is 5.69 Å². The highest BCUT2D eigenvalue weighted by molar-refractivity contribution is 5.61. The Bertz CT molecular complexity index is 409. The lowest BCUT2D eigenvalue weighted by Crippen LogP contribution is -2.38. The molecule has 1 aromatic carbocycles. The van der Waals surface area contributed by atoms with Crippen molar-refractivity contribution < 1.29 is 10.2 Å². The van der Waals surface area contributed by atoms with Gasteiger partial charge < -0.3 is 15.1 Å². The lowest BCUT2D eigenvalue weighted by atomic mass is 9.96. The fourth-order valence-corrected chi connectivity index (χ4v) is 2.76. The average molecular weight is 235 g/mol. The molecular weight excluding hydrogens is 214 g/mol. The first-order valence-electron chi connectivity index (χ1n) is 6.21. The zero-order valence-corrected chi connectivity index (χ0v) is 10.8. The minimum absolute atomic E-state index is 0.323. The lowest BCUT2D eigenvalue weighted by Gasteiger charge is -2.30. The fourth-order valence-electron chi connectivity index (χ4n) is 2.76. The quantitative estimate of drug-likeness (QED) is 0.845. The Morgan fingerprint density at radius 2 is 2.12 bits per heavy atom. The highest BCUT2D eigenvalue weighted by Gasteiger charge is 2.32. The maximum Gasteiger partial charge on any atom is 0.116 e. The van der Waals surface area contributed by atoms with Gasteiger partial charge in [-0.05, 0) is 57.4 Å². The van der Waals surface area contributed by atoms with E-state index in [9.17, 15) is 10.2 Å². The van der Waals surface area contributed by atoms with Crippen LogP contribution in [0.25, 0.3) is 0 Å². The molecule has 3 nitrogen and oxygen atoms in total. The van der Waals surface area contributed by atoms with Crippen molar-refractivity contribution in [1.82, 2.24) is 0 Å². The van der Waals surface area contributed by atoms with E-state index in [2.05, 4.69) is 11.8 Å². The number of nitrogens with zero attached hydrogens (tertiary/aromatic N) is 1. The highest BCUT2D eigenvalue weighted by Crippen LogP contribution is 2.36. The summed E-state index contributed by atoms with van der Waals surface area (Å²) in [5.74, 6) is 0.323. The number of fused-ring (bicyclic) bond motifs is 1. The van der Waals surface area contributed by atoms with Gasteiger partial charge in [0.15, 0.2) is 0 Å². The first kappa shape index (κ1) is 12.2. The molecule has 0 radical (unpaired) electrons. The number of phenols is 1. The highest BCUT2D eigenvalue weighted by atomic mass is 16.3. The molecule has 1 aliphatic rings. The summed E-state index contributed by atoms with van der Waals surface area (Å²) in [5, 5.41) is 19.5. The first-order chi connectivity index (χ1) is 7.90. The van der Waals surface area contributed by atoms with Gasteiger partial charge in [0.2, 0.25) is 0 Å². The third-order valence-electron chi connectivity index (χ3n) is 3.34. The van der Waals surface area contributed by atoms with Crippen LogP contribution < -0.4 is 4.90 Å². The van der Waals surface area contributed by atoms with Crippen molar-refractivity contribution in [2.45, 2.75) is 45.3 Å². The number of hydrogen-bond donors (Lipinski definition) is 2. The molecule has 1 heterocycles. The number of hydrogen-bond acceptors (Lipinski definition) is 3. The van der Waals surface area contributed by atoms with Crippen LogP contribution in [0.3, 0.4) is 0 Å². The van der Waals surface area contributed by atoms with E-state index in [1.807, 2.05) is 26.0 Å². The maximum atomic E-state index is 9.95. The van der Waals surface area contributed by atoms with Crippen molar-refractivity contribution in [2.75, 3.05) is 11.4 Å². The molecule has 17 heavy (non-hydrogen) atoms. The molecule has 0 fully saturated rings. The van der Waals surface area contributed by atoms with Crippen LogP contribution >= 0.6 is 0 Å². The second-order valence-electron chi connectivity index (χ2n) is 5.47. The van der Waals surface area contributed by atoms with Gasteiger partial charge in [-0.2, -0.15) is 0 Å². The smallest absolute Gasteiger partial charge is 0.116 e. The Balaban J connectivity index is 2.25. The van der Waals surface area contributed by atoms with E-state index in [0.717, 1.165) is 19.4 Å². The van der Waals surface area contributed by atoms with Crippen LogP contribution in [0.2, 0.25) is 0 Å². The molecule has 0 aromatic heterocycles. The molecule has 1 unspecified atom stereocenters. The van der Waals surface area contributed by atoms with Crippen molar-refractivity contribution in [3.05, 3.63) is 23.8 Å². The summed E-state index contributed by atoms with van der Waals surface area (Å²) >= 11 is 0. The van der Waals surface area contributed by atoms with Crippen molar-refractivity contribution >= 4 is 5.69 Å². The lowest BCUT2D eigenvalue weighted by molar-refractivity contribution is 0.0636. The molecule has 2 N–H and O–H groups in total. The second kappa shape index (κ2) is 4.22. The molecular formula is C14H21NO2. The summed E-state index contributed by atoms with van der Waals surface area (Å²) in [6, 6.07) is 5.87. The van der Waals surface area contributed by atoms with Crippen LogP contribution in [0.1, 0.15) is 32.8 Å². The number of rotatable bonds is 3. The summed E-state index contributed by atoms with van der Waals surface area (Å²) in [7, 11) is 0. The van der Waals surface area contributed by atoms with Gasteiger partial charge in [0.1, 0.15) is 5.75 Å². The zero-order valence-electron chi connectivity index (χ0n) is 10.8. The molecule has 0 saturated heterocycles. The van der Waals surface area contributed by atoms with E-state index in [0.29, 0.717) is 11.8 Å². The van der Waals surface area contributed by atoms with Gasteiger partial charge in [-0.1, -0.05) is 0 Å². The minimum atomic E-state index is -0.651. The Hall–Kier alpha value is -1.22. The Labute approximate surface area is 103 Å². The number of aliphatic hydroxyl groups is 1. The molecule has 2 rings (SSSR count). The predicted octanol–water partition coefficient (Wildman–Crippen LogP) is 2.30. The standard InChI is InChI=1S/C14H21NO2/c1-4-15-11(9-14(2,3)17)7-10-8-12(16)5-6-13(10)15/h5-6,8,11,16-17H,4,7,9H2,1-3H3. The summed E-state index contributed by atoms with van der Waals surface area (Å²) < 4.78 is 0. The molecule has 0 bridgehead atoms. The second-order valence-corrected chi connectivity index (χ2v) is 5.47. The molecule has 3 heteroatoms. The predicted molar refractivity (Wildman–Crippen MR) is 69.5 cm³/mol. The van der Waals surface area contributed by atoms with Crippen LogP contribution in [-0.4, -0.2) is 28.4 Å². The molecule has 0 spiro atoms. The van der Waals surface area contributed by atoms with Gasteiger partial charge in [0, 0.05) is 18.3 Å². The van der Waals surface area contributed by atoms with E-state index in [1.54, 1.807) is 6.07 Å². The van der Waals surface area contributed by atoms with Crippen LogP contribution in [0.15, 0.2) is 18.2 Å². The fraction of sp³-hybridized carbons (Fsp3) is 0.571. The first-order valence-corrected chi connectivity index (χ1v) is 6.21. The third-order valence-corrected chi connectivity index (χ3v) is 3.34. The zero-order chi connectivity index (χ0) is 12.6. The van der Waals surface area contributed by atoms with E-state index < -0.39 is 5.60 Å². The number of likely N-dealkylation sites (N-methyl/N-ethyl adjacent to an activating group) is 1. The van der Waals surface area contributed by atoms with Gasteiger partial charge in [-0.3, -0.25) is 0 Å². The maximum absolute atomic E-state index is 9.95. The Morgan fingerprint density at radius 3 is 2.71 bits per heavy atom. The Kier molecular flexibility index (Phi) is 3.04. The average Bonchev–Trinajstić information content (AvgIpc) is 2.51. The van der Waals surface area contributed by atoms with Crippen LogP contribution in [0.5, 0.6) is 5.75 Å². The number of benzene rings is 1. The van der Waals surface area contributed by atoms with Gasteiger partial charge in [0.25, 0.3) is 0 Å². The van der Waals surface area contributed by atoms with E-state index >= 15 is 0 Å². The molecule has 1 aliphatic heterocycles. The monoisotopic (exact) mass is 235 g/mol. The minimum Gasteiger partial charge on any atom is -0.508 e. The van der Waals surface area contributed by atoms with Gasteiger partial charge in [-0.25, -0.2) is 0 Å². The normalized spacial score (nSPS) is 19.5. The van der Waals surface area contributed by atoms with Gasteiger partial charge >= 0.3 is 0 Å². The Morgan fingerprint density at radius 1 is 1.41 bits per heavy atom. The third kappa shape index (κ3) is 2.55. The molecule has 1 atom stereocenters. The molecule has 0 amide bonds. The van der Waals surface area contributed by atoms with Crippen molar-refractivity contribution in [3.8, 4) is 5.75 Å². The van der Waals surface area contributed by atoms with E-state index in [-0.39, 0.29) is 0 Å². The molecule has 94 valence electrons. The summed E-state index contributed by atoms with van der Waals surface area (Å²) in [5.41, 5.74) is 1.72. The number of phenolic OH excluding ortho intramolecular Hbond substituents is 1. The summed E-state index contributed by atoms with van der Waals surface area (Å²) in [6.07, 6.45) is 1.65. The van der Waals surface area contributed by atoms with Gasteiger partial charge in [0.05, 0.1) is 5.60 Å². The van der Waals surface area contributed by atoms with Gasteiger partial charge in [-0.15, -0.1) is 0 Å². The SMILES string of the molecule is CCN1c2ccc(O)cc2CC1CC(C)(C)O. The summed E-state index contributed by atoms with van der Waals surface area (Å²) in [6.45, 7) is 6.75. The number of anilines is 1. The largest absolute Gasteiger partial charge is 0.508 e. The van der Waals surface area contributed by atoms with E-state index in [4.69, 9.17) is 0 Å². The van der Waals surface area contributed by atoms with Crippen molar-refractivity contribution in [1.29, 1.82) is 0 Å². The molecule has 0 aliphatic carbocycles. The van der Waals surface area contributed by atoms with E-state index in [1.165, 1.54) is 11.3 Å². The molecule has 0 saturated carbocycles. The van der Waals surface area contributed by atoms with Crippen LogP contribution in [-0.2, 0) is 6.42 Å². The van der Waals surface area contributed by atoms with Crippen molar-refractivity contribution in [3.63, 3.8) is 0 Å². The topological polar surface area (TPSA) is 43.7 Å². The summed E-state index contributed by atoms with van der Waals surface area (Å²) in [4.78, 5) is 2.31.